The van der Waals surface area contributed by atoms with Gasteiger partial charge in [-0.1, -0.05) is 6.07 Å². The minimum Gasteiger partial charge on any atom is -0.484 e. The number of nitrogens with zero attached hydrogens (tertiary/aromatic N) is 2. The maximum Gasteiger partial charge on any atom is 0.333 e. The molecule has 1 rings (SSSR count). The Balaban J connectivity index is 3.12. The molecule has 1 aromatic carbocycles. The highest BCUT2D eigenvalue weighted by molar-refractivity contribution is 5.69. The van der Waals surface area contributed by atoms with Gasteiger partial charge in [-0.15, -0.1) is 0 Å². The lowest BCUT2D eigenvalue weighted by atomic mass is 10.2. The molecular formula is C13H21N3O3. The number of hydrogen-bond donors (Lipinski definition) is 1. The number of nitro groups is 1. The molecule has 0 aliphatic heterocycles. The first-order valence-corrected chi connectivity index (χ1v) is 6.32. The third kappa shape index (κ3) is 4.10. The van der Waals surface area contributed by atoms with E-state index in [0.29, 0.717) is 24.5 Å². The lowest BCUT2D eigenvalue weighted by Gasteiger charge is -2.20. The van der Waals surface area contributed by atoms with E-state index in [-0.39, 0.29) is 11.8 Å². The van der Waals surface area contributed by atoms with E-state index in [4.69, 9.17) is 10.5 Å². The van der Waals surface area contributed by atoms with Crippen LogP contribution in [0, 0.1) is 10.1 Å². The molecule has 6 heteroatoms. The van der Waals surface area contributed by atoms with E-state index in [1.807, 2.05) is 25.8 Å². The summed E-state index contributed by atoms with van der Waals surface area (Å²) in [5, 5.41) is 11.3. The molecule has 6 nitrogen and oxygen atoms in total. The SMILES string of the molecule is CC(C)Oc1cccc(N(C)CCCN)c1[N+](=O)[O-]. The van der Waals surface area contributed by atoms with Crippen LogP contribution in [0.5, 0.6) is 5.75 Å². The molecule has 0 saturated heterocycles. The highest BCUT2D eigenvalue weighted by Gasteiger charge is 2.23. The maximum absolute atomic E-state index is 11.3. The van der Waals surface area contributed by atoms with Crippen molar-refractivity contribution in [1.82, 2.24) is 0 Å². The fourth-order valence-electron chi connectivity index (χ4n) is 1.80. The van der Waals surface area contributed by atoms with E-state index in [0.717, 1.165) is 6.42 Å². The van der Waals surface area contributed by atoms with Gasteiger partial charge in [0.2, 0.25) is 0 Å². The Morgan fingerprint density at radius 2 is 2.16 bits per heavy atom. The molecule has 0 aromatic heterocycles. The molecule has 1 aromatic rings. The summed E-state index contributed by atoms with van der Waals surface area (Å²) in [6.07, 6.45) is 0.673. The van der Waals surface area contributed by atoms with Crippen LogP contribution in [-0.4, -0.2) is 31.2 Å². The van der Waals surface area contributed by atoms with Crippen molar-refractivity contribution in [2.75, 3.05) is 25.0 Å². The molecule has 0 bridgehead atoms. The topological polar surface area (TPSA) is 81.6 Å². The van der Waals surface area contributed by atoms with Crippen molar-refractivity contribution < 1.29 is 9.66 Å². The third-order valence-corrected chi connectivity index (χ3v) is 2.63. The van der Waals surface area contributed by atoms with Crippen molar-refractivity contribution in [3.63, 3.8) is 0 Å². The highest BCUT2D eigenvalue weighted by atomic mass is 16.6. The number of nitrogens with two attached hydrogens (primary N) is 1. The number of benzene rings is 1. The molecule has 0 radical (unpaired) electrons. The summed E-state index contributed by atoms with van der Waals surface area (Å²) in [6, 6.07) is 5.11. The summed E-state index contributed by atoms with van der Waals surface area (Å²) in [6.45, 7) is 4.91. The number of nitro benzene ring substituents is 1. The molecule has 0 atom stereocenters. The molecule has 0 spiro atoms. The largest absolute Gasteiger partial charge is 0.484 e. The Morgan fingerprint density at radius 3 is 2.68 bits per heavy atom. The van der Waals surface area contributed by atoms with Gasteiger partial charge < -0.3 is 15.4 Å². The van der Waals surface area contributed by atoms with E-state index in [1.165, 1.54) is 0 Å². The van der Waals surface area contributed by atoms with Gasteiger partial charge in [0.05, 0.1) is 11.0 Å². The normalized spacial score (nSPS) is 10.6. The van der Waals surface area contributed by atoms with Crippen LogP contribution >= 0.6 is 0 Å². The molecule has 106 valence electrons. The zero-order valence-electron chi connectivity index (χ0n) is 11.6. The molecule has 0 heterocycles. The summed E-state index contributed by atoms with van der Waals surface area (Å²) >= 11 is 0. The monoisotopic (exact) mass is 267 g/mol. The molecule has 19 heavy (non-hydrogen) atoms. The second kappa shape index (κ2) is 6.94. The molecular weight excluding hydrogens is 246 g/mol. The Labute approximate surface area is 113 Å². The summed E-state index contributed by atoms with van der Waals surface area (Å²) in [4.78, 5) is 12.7. The van der Waals surface area contributed by atoms with Crippen molar-refractivity contribution in [3.05, 3.63) is 28.3 Å². The average Bonchev–Trinajstić information content (AvgIpc) is 2.34. The second-order valence-electron chi connectivity index (χ2n) is 4.61. The lowest BCUT2D eigenvalue weighted by Crippen LogP contribution is -2.22. The zero-order valence-corrected chi connectivity index (χ0v) is 11.6. The molecule has 0 aliphatic rings. The van der Waals surface area contributed by atoms with Crippen LogP contribution in [0.1, 0.15) is 20.3 Å². The van der Waals surface area contributed by atoms with Crippen LogP contribution in [-0.2, 0) is 0 Å². The number of ether oxygens (including phenoxy) is 1. The van der Waals surface area contributed by atoms with E-state index in [1.54, 1.807) is 18.2 Å². The minimum atomic E-state index is -0.397. The number of anilines is 1. The third-order valence-electron chi connectivity index (χ3n) is 2.63. The summed E-state index contributed by atoms with van der Waals surface area (Å²) in [5.74, 6) is 0.303. The first-order valence-electron chi connectivity index (χ1n) is 6.32. The zero-order chi connectivity index (χ0) is 14.4. The van der Waals surface area contributed by atoms with E-state index >= 15 is 0 Å². The fraction of sp³-hybridized carbons (Fsp3) is 0.538. The van der Waals surface area contributed by atoms with Gasteiger partial charge in [0.1, 0.15) is 5.69 Å². The quantitative estimate of drug-likeness (QED) is 0.604. The van der Waals surface area contributed by atoms with Gasteiger partial charge in [0.15, 0.2) is 5.75 Å². The maximum atomic E-state index is 11.3. The summed E-state index contributed by atoms with van der Waals surface area (Å²) < 4.78 is 5.51. The Bertz CT molecular complexity index is 435. The van der Waals surface area contributed by atoms with Crippen molar-refractivity contribution in [2.24, 2.45) is 5.73 Å². The van der Waals surface area contributed by atoms with Gasteiger partial charge in [-0.3, -0.25) is 10.1 Å². The van der Waals surface area contributed by atoms with Crippen molar-refractivity contribution in [3.8, 4) is 5.75 Å². The Kier molecular flexibility index (Phi) is 5.57. The van der Waals surface area contributed by atoms with Gasteiger partial charge in [-0.2, -0.15) is 0 Å². The second-order valence-corrected chi connectivity index (χ2v) is 4.61. The van der Waals surface area contributed by atoms with E-state index in [9.17, 15) is 10.1 Å². The Morgan fingerprint density at radius 1 is 1.47 bits per heavy atom. The summed E-state index contributed by atoms with van der Waals surface area (Å²) in [5.41, 5.74) is 6.03. The number of para-hydroxylation sites is 1. The predicted molar refractivity (Wildman–Crippen MR) is 75.8 cm³/mol. The molecule has 0 unspecified atom stereocenters. The van der Waals surface area contributed by atoms with Gasteiger partial charge in [-0.25, -0.2) is 0 Å². The van der Waals surface area contributed by atoms with Crippen LogP contribution in [0.2, 0.25) is 0 Å². The Hall–Kier alpha value is -1.82. The predicted octanol–water partition coefficient (Wildman–Crippen LogP) is 2.17. The van der Waals surface area contributed by atoms with Gasteiger partial charge in [0, 0.05) is 13.6 Å². The number of hydrogen-bond acceptors (Lipinski definition) is 5. The molecule has 0 aliphatic carbocycles. The van der Waals surface area contributed by atoms with Crippen LogP contribution in [0.25, 0.3) is 0 Å². The average molecular weight is 267 g/mol. The van der Waals surface area contributed by atoms with Crippen LogP contribution in [0.15, 0.2) is 18.2 Å². The fourth-order valence-corrected chi connectivity index (χ4v) is 1.80. The smallest absolute Gasteiger partial charge is 0.333 e. The van der Waals surface area contributed by atoms with Gasteiger partial charge in [-0.05, 0) is 38.9 Å². The standard InChI is InChI=1S/C13H21N3O3/c1-10(2)19-12-7-4-6-11(13(12)16(17)18)15(3)9-5-8-14/h4,6-7,10H,5,8-9,14H2,1-3H3. The lowest BCUT2D eigenvalue weighted by molar-refractivity contribution is -0.385. The minimum absolute atomic E-state index is 0.00993. The van der Waals surface area contributed by atoms with Crippen LogP contribution in [0.4, 0.5) is 11.4 Å². The summed E-state index contributed by atoms with van der Waals surface area (Å²) in [7, 11) is 1.82. The van der Waals surface area contributed by atoms with Crippen molar-refractivity contribution in [2.45, 2.75) is 26.4 Å². The molecule has 0 saturated carbocycles. The first kappa shape index (κ1) is 15.2. The van der Waals surface area contributed by atoms with Gasteiger partial charge >= 0.3 is 5.69 Å². The number of rotatable bonds is 7. The first-order chi connectivity index (χ1) is 8.97. The van der Waals surface area contributed by atoms with Gasteiger partial charge in [0.25, 0.3) is 0 Å². The molecule has 0 amide bonds. The van der Waals surface area contributed by atoms with Crippen molar-refractivity contribution in [1.29, 1.82) is 0 Å². The van der Waals surface area contributed by atoms with Crippen molar-refractivity contribution >= 4 is 11.4 Å². The van der Waals surface area contributed by atoms with E-state index in [2.05, 4.69) is 0 Å². The molecule has 0 fully saturated rings. The highest BCUT2D eigenvalue weighted by Crippen LogP contribution is 2.37. The van der Waals surface area contributed by atoms with Crippen LogP contribution in [0.3, 0.4) is 0 Å². The van der Waals surface area contributed by atoms with Crippen LogP contribution < -0.4 is 15.4 Å². The molecule has 2 N–H and O–H groups in total. The van der Waals surface area contributed by atoms with E-state index < -0.39 is 4.92 Å².